The molecule has 1 N–H and O–H groups in total. The second kappa shape index (κ2) is 7.69. The van der Waals surface area contributed by atoms with Crippen LogP contribution in [0.4, 0.5) is 0 Å². The molecule has 1 aromatic heterocycles. The van der Waals surface area contributed by atoms with Crippen LogP contribution in [0, 0.1) is 6.92 Å². The monoisotopic (exact) mass is 290 g/mol. The van der Waals surface area contributed by atoms with Crippen molar-refractivity contribution >= 4 is 0 Å². The van der Waals surface area contributed by atoms with Crippen LogP contribution in [0.5, 0.6) is 11.5 Å². The van der Waals surface area contributed by atoms with Crippen LogP contribution >= 0.6 is 0 Å². The highest BCUT2D eigenvalue weighted by atomic mass is 16.5. The van der Waals surface area contributed by atoms with E-state index in [-0.39, 0.29) is 0 Å². The summed E-state index contributed by atoms with van der Waals surface area (Å²) in [6.45, 7) is 8.47. The van der Waals surface area contributed by atoms with Gasteiger partial charge in [-0.05, 0) is 38.5 Å². The minimum atomic E-state index is 0.620. The SMILES string of the molecule is CCOc1ccc(CNCc2cc(C)on2)cc1OCC. The van der Waals surface area contributed by atoms with Gasteiger partial charge in [-0.15, -0.1) is 0 Å². The zero-order valence-electron chi connectivity index (χ0n) is 12.8. The lowest BCUT2D eigenvalue weighted by molar-refractivity contribution is 0.287. The predicted octanol–water partition coefficient (Wildman–Crippen LogP) is 3.07. The van der Waals surface area contributed by atoms with Gasteiger partial charge < -0.3 is 19.3 Å². The number of rotatable bonds is 8. The third-order valence-electron chi connectivity index (χ3n) is 2.92. The fourth-order valence-corrected chi connectivity index (χ4v) is 2.04. The second-order valence-corrected chi connectivity index (χ2v) is 4.68. The lowest BCUT2D eigenvalue weighted by Crippen LogP contribution is -2.13. The topological polar surface area (TPSA) is 56.5 Å². The first-order valence-electron chi connectivity index (χ1n) is 7.24. The number of aromatic nitrogens is 1. The minimum absolute atomic E-state index is 0.620. The fraction of sp³-hybridized carbons (Fsp3) is 0.438. The van der Waals surface area contributed by atoms with Crippen LogP contribution in [0.2, 0.25) is 0 Å². The Bertz CT molecular complexity index is 566. The van der Waals surface area contributed by atoms with Gasteiger partial charge in [0.2, 0.25) is 0 Å². The van der Waals surface area contributed by atoms with E-state index in [2.05, 4.69) is 10.5 Å². The molecule has 0 radical (unpaired) electrons. The molecule has 0 fully saturated rings. The first-order valence-corrected chi connectivity index (χ1v) is 7.24. The summed E-state index contributed by atoms with van der Waals surface area (Å²) in [5.41, 5.74) is 2.05. The van der Waals surface area contributed by atoms with Gasteiger partial charge in [0.1, 0.15) is 5.76 Å². The van der Waals surface area contributed by atoms with Crippen LogP contribution in [-0.2, 0) is 13.1 Å². The van der Waals surface area contributed by atoms with E-state index in [1.54, 1.807) is 0 Å². The third kappa shape index (κ3) is 4.49. The minimum Gasteiger partial charge on any atom is -0.490 e. The van der Waals surface area contributed by atoms with E-state index in [1.807, 2.05) is 45.0 Å². The van der Waals surface area contributed by atoms with Crippen molar-refractivity contribution in [2.24, 2.45) is 0 Å². The van der Waals surface area contributed by atoms with E-state index >= 15 is 0 Å². The van der Waals surface area contributed by atoms with Crippen molar-refractivity contribution < 1.29 is 14.0 Å². The number of benzene rings is 1. The smallest absolute Gasteiger partial charge is 0.161 e. The Hall–Kier alpha value is -2.01. The molecule has 0 aliphatic carbocycles. The Morgan fingerprint density at radius 1 is 1.05 bits per heavy atom. The van der Waals surface area contributed by atoms with Crippen molar-refractivity contribution in [1.29, 1.82) is 0 Å². The van der Waals surface area contributed by atoms with Crippen LogP contribution < -0.4 is 14.8 Å². The van der Waals surface area contributed by atoms with Crippen molar-refractivity contribution in [2.45, 2.75) is 33.9 Å². The normalized spacial score (nSPS) is 10.6. The molecular formula is C16H22N2O3. The molecule has 1 heterocycles. The molecular weight excluding hydrogens is 268 g/mol. The van der Waals surface area contributed by atoms with Gasteiger partial charge in [0.05, 0.1) is 18.9 Å². The Morgan fingerprint density at radius 3 is 2.48 bits per heavy atom. The first kappa shape index (κ1) is 15.4. The van der Waals surface area contributed by atoms with E-state index in [9.17, 15) is 0 Å². The summed E-state index contributed by atoms with van der Waals surface area (Å²) in [7, 11) is 0. The number of hydrogen-bond donors (Lipinski definition) is 1. The molecule has 0 atom stereocenters. The summed E-state index contributed by atoms with van der Waals surface area (Å²) >= 11 is 0. The number of ether oxygens (including phenoxy) is 2. The Balaban J connectivity index is 1.94. The molecule has 21 heavy (non-hydrogen) atoms. The molecule has 2 aromatic rings. The molecule has 0 spiro atoms. The lowest BCUT2D eigenvalue weighted by atomic mass is 10.2. The van der Waals surface area contributed by atoms with E-state index in [1.165, 1.54) is 0 Å². The van der Waals surface area contributed by atoms with Crippen molar-refractivity contribution in [2.75, 3.05) is 13.2 Å². The van der Waals surface area contributed by atoms with E-state index in [0.29, 0.717) is 19.8 Å². The predicted molar refractivity (Wildman–Crippen MR) is 80.6 cm³/mol. The van der Waals surface area contributed by atoms with Crippen LogP contribution in [0.15, 0.2) is 28.8 Å². The van der Waals surface area contributed by atoms with Gasteiger partial charge in [-0.25, -0.2) is 0 Å². The van der Waals surface area contributed by atoms with Gasteiger partial charge in [-0.3, -0.25) is 0 Å². The van der Waals surface area contributed by atoms with Crippen molar-refractivity contribution in [1.82, 2.24) is 10.5 Å². The Kier molecular flexibility index (Phi) is 5.63. The molecule has 5 nitrogen and oxygen atoms in total. The Labute approximate surface area is 125 Å². The average Bonchev–Trinajstić information content (AvgIpc) is 2.88. The molecule has 0 aliphatic heterocycles. The van der Waals surface area contributed by atoms with E-state index in [4.69, 9.17) is 14.0 Å². The summed E-state index contributed by atoms with van der Waals surface area (Å²) in [5.74, 6) is 2.40. The van der Waals surface area contributed by atoms with Crippen LogP contribution in [0.1, 0.15) is 30.9 Å². The summed E-state index contributed by atoms with van der Waals surface area (Å²) in [6.07, 6.45) is 0. The number of aryl methyl sites for hydroxylation is 1. The summed E-state index contributed by atoms with van der Waals surface area (Å²) in [5, 5.41) is 7.28. The molecule has 5 heteroatoms. The zero-order chi connectivity index (χ0) is 15.1. The highest BCUT2D eigenvalue weighted by molar-refractivity contribution is 5.43. The van der Waals surface area contributed by atoms with Gasteiger partial charge in [-0.2, -0.15) is 0 Å². The lowest BCUT2D eigenvalue weighted by Gasteiger charge is -2.12. The Morgan fingerprint density at radius 2 is 1.81 bits per heavy atom. The third-order valence-corrected chi connectivity index (χ3v) is 2.92. The fourth-order valence-electron chi connectivity index (χ4n) is 2.04. The molecule has 114 valence electrons. The molecule has 2 rings (SSSR count). The first-order chi connectivity index (χ1) is 10.2. The highest BCUT2D eigenvalue weighted by Gasteiger charge is 2.06. The van der Waals surface area contributed by atoms with Crippen LogP contribution in [0.25, 0.3) is 0 Å². The molecule has 0 aliphatic rings. The zero-order valence-corrected chi connectivity index (χ0v) is 12.8. The molecule has 0 saturated carbocycles. The van der Waals surface area contributed by atoms with E-state index in [0.717, 1.165) is 35.1 Å². The van der Waals surface area contributed by atoms with E-state index < -0.39 is 0 Å². The molecule has 0 amide bonds. The van der Waals surface area contributed by atoms with Gasteiger partial charge >= 0.3 is 0 Å². The maximum Gasteiger partial charge on any atom is 0.161 e. The summed E-state index contributed by atoms with van der Waals surface area (Å²) < 4.78 is 16.2. The second-order valence-electron chi connectivity index (χ2n) is 4.68. The van der Waals surface area contributed by atoms with Crippen LogP contribution in [0.3, 0.4) is 0 Å². The molecule has 0 bridgehead atoms. The van der Waals surface area contributed by atoms with Gasteiger partial charge in [-0.1, -0.05) is 11.2 Å². The molecule has 1 aromatic carbocycles. The molecule has 0 unspecified atom stereocenters. The van der Waals surface area contributed by atoms with Crippen molar-refractivity contribution in [3.63, 3.8) is 0 Å². The average molecular weight is 290 g/mol. The van der Waals surface area contributed by atoms with Gasteiger partial charge in [0.15, 0.2) is 11.5 Å². The highest BCUT2D eigenvalue weighted by Crippen LogP contribution is 2.28. The maximum atomic E-state index is 5.62. The maximum absolute atomic E-state index is 5.62. The number of nitrogens with one attached hydrogen (secondary N) is 1. The van der Waals surface area contributed by atoms with Crippen molar-refractivity contribution in [3.05, 3.63) is 41.3 Å². The van der Waals surface area contributed by atoms with Crippen molar-refractivity contribution in [3.8, 4) is 11.5 Å². The molecule has 0 saturated heterocycles. The standard InChI is InChI=1S/C16H22N2O3/c1-4-19-15-7-6-13(9-16(15)20-5-2)10-17-11-14-8-12(3)21-18-14/h6-9,17H,4-5,10-11H2,1-3H3. The number of nitrogens with zero attached hydrogens (tertiary/aromatic N) is 1. The largest absolute Gasteiger partial charge is 0.490 e. The van der Waals surface area contributed by atoms with Gasteiger partial charge in [0.25, 0.3) is 0 Å². The summed E-state index contributed by atoms with van der Waals surface area (Å²) in [4.78, 5) is 0. The summed E-state index contributed by atoms with van der Waals surface area (Å²) in [6, 6.07) is 7.92. The quantitative estimate of drug-likeness (QED) is 0.809. The van der Waals surface area contributed by atoms with Crippen LogP contribution in [-0.4, -0.2) is 18.4 Å². The number of hydrogen-bond acceptors (Lipinski definition) is 5. The van der Waals surface area contributed by atoms with Gasteiger partial charge in [0, 0.05) is 19.2 Å².